The van der Waals surface area contributed by atoms with E-state index in [0.717, 1.165) is 0 Å². The van der Waals surface area contributed by atoms with Crippen LogP contribution >= 0.6 is 11.6 Å². The van der Waals surface area contributed by atoms with Crippen molar-refractivity contribution in [1.29, 1.82) is 0 Å². The highest BCUT2D eigenvalue weighted by molar-refractivity contribution is 6.27. The van der Waals surface area contributed by atoms with Crippen molar-refractivity contribution in [3.63, 3.8) is 0 Å². The fourth-order valence-corrected chi connectivity index (χ4v) is 0.739. The van der Waals surface area contributed by atoms with Crippen LogP contribution in [0.1, 0.15) is 0 Å². The maximum absolute atomic E-state index is 11.1. The highest BCUT2D eigenvalue weighted by atomic mass is 35.5. The molecule has 0 aromatic heterocycles. The minimum Gasteiger partial charge on any atom is -0.347 e. The molecule has 5 heteroatoms. The predicted octanol–water partition coefficient (Wildman–Crippen LogP) is -0.228. The molecule has 70 valence electrons. The minimum absolute atomic E-state index is 0.0819. The van der Waals surface area contributed by atoms with Gasteiger partial charge < -0.3 is 9.80 Å². The molecular formula is C7H13ClN2O2. The number of halogens is 1. The molecule has 0 saturated heterocycles. The molecule has 12 heavy (non-hydrogen) atoms. The number of rotatable bonds is 3. The molecule has 0 rings (SSSR count). The van der Waals surface area contributed by atoms with E-state index in [1.165, 1.54) is 9.80 Å². The van der Waals surface area contributed by atoms with Crippen LogP contribution in [0.3, 0.4) is 0 Å². The van der Waals surface area contributed by atoms with Gasteiger partial charge in [0.05, 0.1) is 6.54 Å². The smallest absolute Gasteiger partial charge is 0.241 e. The highest BCUT2D eigenvalue weighted by Gasteiger charge is 2.12. The molecule has 0 saturated carbocycles. The molecular weight excluding hydrogens is 180 g/mol. The number of alkyl halides is 1. The lowest BCUT2D eigenvalue weighted by Gasteiger charge is -2.17. The van der Waals surface area contributed by atoms with Crippen molar-refractivity contribution in [1.82, 2.24) is 9.80 Å². The second-order valence-electron chi connectivity index (χ2n) is 2.67. The predicted molar refractivity (Wildman–Crippen MR) is 47.1 cm³/mol. The van der Waals surface area contributed by atoms with Crippen LogP contribution < -0.4 is 0 Å². The third-order valence-electron chi connectivity index (χ3n) is 1.41. The summed E-state index contributed by atoms with van der Waals surface area (Å²) in [5, 5.41) is 0. The van der Waals surface area contributed by atoms with Gasteiger partial charge >= 0.3 is 0 Å². The van der Waals surface area contributed by atoms with Crippen LogP contribution in [0.2, 0.25) is 0 Å². The summed E-state index contributed by atoms with van der Waals surface area (Å²) in [4.78, 5) is 24.7. The van der Waals surface area contributed by atoms with E-state index in [1.807, 2.05) is 0 Å². The molecule has 0 atom stereocenters. The minimum atomic E-state index is -0.244. The van der Waals surface area contributed by atoms with Gasteiger partial charge in [0, 0.05) is 21.1 Å². The highest BCUT2D eigenvalue weighted by Crippen LogP contribution is 1.89. The Morgan fingerprint density at radius 1 is 1.17 bits per heavy atom. The van der Waals surface area contributed by atoms with E-state index in [0.29, 0.717) is 0 Å². The van der Waals surface area contributed by atoms with E-state index in [2.05, 4.69) is 0 Å². The summed E-state index contributed by atoms with van der Waals surface area (Å²) >= 11 is 5.29. The first-order chi connectivity index (χ1) is 5.49. The summed E-state index contributed by atoms with van der Waals surface area (Å²) in [5.41, 5.74) is 0. The standard InChI is InChI=1S/C7H13ClN2O2/c1-9(2)7(12)5-10(3)6(11)4-8/h4-5H2,1-3H3. The third kappa shape index (κ3) is 3.57. The van der Waals surface area contributed by atoms with Crippen LogP contribution in [0.4, 0.5) is 0 Å². The van der Waals surface area contributed by atoms with Crippen molar-refractivity contribution < 1.29 is 9.59 Å². The lowest BCUT2D eigenvalue weighted by Crippen LogP contribution is -2.38. The summed E-state index contributed by atoms with van der Waals surface area (Å²) in [5.74, 6) is -0.445. The van der Waals surface area contributed by atoms with Gasteiger partial charge in [-0.1, -0.05) is 0 Å². The Labute approximate surface area is 77.1 Å². The van der Waals surface area contributed by atoms with Crippen molar-refractivity contribution in [3.8, 4) is 0 Å². The Bertz CT molecular complexity index is 182. The van der Waals surface area contributed by atoms with Gasteiger partial charge in [0.2, 0.25) is 11.8 Å². The van der Waals surface area contributed by atoms with Gasteiger partial charge in [-0.15, -0.1) is 11.6 Å². The summed E-state index contributed by atoms with van der Waals surface area (Å²) in [7, 11) is 4.83. The molecule has 0 aromatic rings. The molecule has 0 aliphatic rings. The summed E-state index contributed by atoms with van der Waals surface area (Å²) in [6.45, 7) is 0.0819. The lowest BCUT2D eigenvalue weighted by atomic mass is 10.5. The van der Waals surface area contributed by atoms with E-state index in [4.69, 9.17) is 11.6 Å². The van der Waals surface area contributed by atoms with E-state index in [9.17, 15) is 9.59 Å². The Balaban J connectivity index is 3.92. The zero-order valence-corrected chi connectivity index (χ0v) is 8.26. The van der Waals surface area contributed by atoms with Crippen LogP contribution in [0.15, 0.2) is 0 Å². The van der Waals surface area contributed by atoms with Crippen molar-refractivity contribution in [3.05, 3.63) is 0 Å². The molecule has 0 aromatic carbocycles. The van der Waals surface area contributed by atoms with E-state index in [1.54, 1.807) is 21.1 Å². The van der Waals surface area contributed by atoms with Gasteiger partial charge in [-0.3, -0.25) is 9.59 Å². The van der Waals surface area contributed by atoms with E-state index < -0.39 is 0 Å². The second kappa shape index (κ2) is 4.98. The average Bonchev–Trinajstić information content (AvgIpc) is 2.02. The number of carbonyl (C=O) groups excluding carboxylic acids is 2. The maximum Gasteiger partial charge on any atom is 0.241 e. The second-order valence-corrected chi connectivity index (χ2v) is 2.94. The number of carbonyl (C=O) groups is 2. The van der Waals surface area contributed by atoms with Crippen LogP contribution in [0.5, 0.6) is 0 Å². The fraction of sp³-hybridized carbons (Fsp3) is 0.714. The average molecular weight is 193 g/mol. The Hall–Kier alpha value is -0.770. The Morgan fingerprint density at radius 3 is 2.00 bits per heavy atom. The monoisotopic (exact) mass is 192 g/mol. The Kier molecular flexibility index (Phi) is 4.66. The van der Waals surface area contributed by atoms with Gasteiger partial charge in [-0.25, -0.2) is 0 Å². The molecule has 0 heterocycles. The maximum atomic E-state index is 11.1. The molecule has 0 N–H and O–H groups in total. The first kappa shape index (κ1) is 11.2. The molecule has 2 amide bonds. The number of amides is 2. The molecule has 4 nitrogen and oxygen atoms in total. The van der Waals surface area contributed by atoms with Crippen LogP contribution in [-0.2, 0) is 9.59 Å². The van der Waals surface area contributed by atoms with Crippen LogP contribution in [0.25, 0.3) is 0 Å². The van der Waals surface area contributed by atoms with Crippen molar-refractivity contribution in [2.75, 3.05) is 33.6 Å². The Morgan fingerprint density at radius 2 is 1.67 bits per heavy atom. The van der Waals surface area contributed by atoms with E-state index >= 15 is 0 Å². The number of likely N-dealkylation sites (N-methyl/N-ethyl adjacent to an activating group) is 2. The number of hydrogen-bond donors (Lipinski definition) is 0. The van der Waals surface area contributed by atoms with Crippen molar-refractivity contribution in [2.24, 2.45) is 0 Å². The fourth-order valence-electron chi connectivity index (χ4n) is 0.535. The SMILES string of the molecule is CN(C)C(=O)CN(C)C(=O)CCl. The third-order valence-corrected chi connectivity index (χ3v) is 1.64. The van der Waals surface area contributed by atoms with Gasteiger partial charge in [0.1, 0.15) is 5.88 Å². The normalized spacial score (nSPS) is 9.33. The zero-order valence-electron chi connectivity index (χ0n) is 7.50. The molecule has 0 radical (unpaired) electrons. The van der Waals surface area contributed by atoms with Gasteiger partial charge in [-0.2, -0.15) is 0 Å². The zero-order chi connectivity index (χ0) is 9.72. The molecule has 0 aliphatic carbocycles. The topological polar surface area (TPSA) is 40.6 Å². The van der Waals surface area contributed by atoms with Gasteiger partial charge in [-0.05, 0) is 0 Å². The van der Waals surface area contributed by atoms with Crippen molar-refractivity contribution in [2.45, 2.75) is 0 Å². The molecule has 0 fully saturated rings. The quantitative estimate of drug-likeness (QED) is 0.580. The summed E-state index contributed by atoms with van der Waals surface area (Å²) < 4.78 is 0. The van der Waals surface area contributed by atoms with Gasteiger partial charge in [0.15, 0.2) is 0 Å². The van der Waals surface area contributed by atoms with Crippen LogP contribution in [0, 0.1) is 0 Å². The summed E-state index contributed by atoms with van der Waals surface area (Å²) in [6, 6.07) is 0. The summed E-state index contributed by atoms with van der Waals surface area (Å²) in [6.07, 6.45) is 0. The first-order valence-corrected chi connectivity index (χ1v) is 4.02. The van der Waals surface area contributed by atoms with E-state index in [-0.39, 0.29) is 24.2 Å². The first-order valence-electron chi connectivity index (χ1n) is 3.49. The molecule has 0 unspecified atom stereocenters. The molecule has 0 spiro atoms. The largest absolute Gasteiger partial charge is 0.347 e. The van der Waals surface area contributed by atoms with Gasteiger partial charge in [0.25, 0.3) is 0 Å². The van der Waals surface area contributed by atoms with Crippen LogP contribution in [-0.4, -0.2) is 55.2 Å². The number of nitrogens with zero attached hydrogens (tertiary/aromatic N) is 2. The van der Waals surface area contributed by atoms with Crippen molar-refractivity contribution >= 4 is 23.4 Å². The number of hydrogen-bond acceptors (Lipinski definition) is 2. The molecule has 0 bridgehead atoms. The lowest BCUT2D eigenvalue weighted by molar-refractivity contribution is -0.136. The molecule has 0 aliphatic heterocycles.